The third-order valence-electron chi connectivity index (χ3n) is 3.29. The number of halogens is 4. The quantitative estimate of drug-likeness (QED) is 0.443. The van der Waals surface area contributed by atoms with Crippen molar-refractivity contribution in [1.29, 1.82) is 5.26 Å². The predicted molar refractivity (Wildman–Crippen MR) is 96.7 cm³/mol. The summed E-state index contributed by atoms with van der Waals surface area (Å²) in [5, 5.41) is 13.2. The maximum absolute atomic E-state index is 9.38. The van der Waals surface area contributed by atoms with Crippen molar-refractivity contribution in [3.8, 4) is 6.07 Å². The van der Waals surface area contributed by atoms with E-state index in [0.29, 0.717) is 10.7 Å². The van der Waals surface area contributed by atoms with Crippen molar-refractivity contribution in [2.24, 2.45) is 0 Å². The molecule has 2 rings (SSSR count). The van der Waals surface area contributed by atoms with Gasteiger partial charge < -0.3 is 5.32 Å². The molecule has 0 atom stereocenters. The Morgan fingerprint density at radius 1 is 1.04 bits per heavy atom. The molecule has 0 aliphatic carbocycles. The van der Waals surface area contributed by atoms with Crippen molar-refractivity contribution in [3.05, 3.63) is 60.3 Å². The van der Waals surface area contributed by atoms with Crippen molar-refractivity contribution < 1.29 is 0 Å². The second-order valence-corrected chi connectivity index (χ2v) is 6.35. The highest BCUT2D eigenvalue weighted by atomic mass is 35.5. The molecule has 23 heavy (non-hydrogen) atoms. The Morgan fingerprint density at radius 2 is 1.70 bits per heavy atom. The fourth-order valence-electron chi connectivity index (χ4n) is 2.02. The summed E-state index contributed by atoms with van der Waals surface area (Å²) in [4.78, 5) is 3.24. The zero-order valence-corrected chi connectivity index (χ0v) is 15.1. The fourth-order valence-corrected chi connectivity index (χ4v) is 3.02. The molecule has 0 aromatic heterocycles. The zero-order valence-electron chi connectivity index (χ0n) is 12.1. The molecule has 116 valence electrons. The summed E-state index contributed by atoms with van der Waals surface area (Å²) in [7, 11) is 0. The standard InChI is InChI=1S/C16H9Cl4N3/c1-7-5-11(8(2)4-10(7)17)23-15-9(6-21)12(18)16(22-3)14(20)13(15)19/h4-5,23H,1-2H3. The van der Waals surface area contributed by atoms with Gasteiger partial charge in [-0.15, -0.1) is 0 Å². The summed E-state index contributed by atoms with van der Waals surface area (Å²) in [5.74, 6) is 0. The smallest absolute Gasteiger partial charge is 0.226 e. The maximum Gasteiger partial charge on any atom is 0.226 e. The number of nitrogens with zero attached hydrogens (tertiary/aromatic N) is 2. The Hall–Kier alpha value is -1.62. The summed E-state index contributed by atoms with van der Waals surface area (Å²) in [6, 6.07) is 5.60. The summed E-state index contributed by atoms with van der Waals surface area (Å²) >= 11 is 24.5. The lowest BCUT2D eigenvalue weighted by atomic mass is 10.1. The van der Waals surface area contributed by atoms with Crippen molar-refractivity contribution in [3.63, 3.8) is 0 Å². The van der Waals surface area contributed by atoms with Crippen molar-refractivity contribution in [2.45, 2.75) is 13.8 Å². The van der Waals surface area contributed by atoms with Crippen molar-refractivity contribution in [1.82, 2.24) is 0 Å². The minimum atomic E-state index is -0.0376. The van der Waals surface area contributed by atoms with E-state index in [2.05, 4.69) is 10.2 Å². The van der Waals surface area contributed by atoms with E-state index in [1.54, 1.807) is 6.07 Å². The van der Waals surface area contributed by atoms with Crippen LogP contribution in [0, 0.1) is 31.8 Å². The van der Waals surface area contributed by atoms with Crippen LogP contribution in [-0.2, 0) is 0 Å². The lowest BCUT2D eigenvalue weighted by Gasteiger charge is -2.16. The van der Waals surface area contributed by atoms with E-state index in [1.807, 2.05) is 26.0 Å². The molecule has 0 aliphatic heterocycles. The second-order valence-electron chi connectivity index (χ2n) is 4.81. The van der Waals surface area contributed by atoms with Gasteiger partial charge in [-0.3, -0.25) is 0 Å². The van der Waals surface area contributed by atoms with Gasteiger partial charge in [0, 0.05) is 10.7 Å². The van der Waals surface area contributed by atoms with Gasteiger partial charge in [0.25, 0.3) is 0 Å². The van der Waals surface area contributed by atoms with E-state index in [9.17, 15) is 5.26 Å². The molecule has 0 saturated carbocycles. The Morgan fingerprint density at radius 3 is 2.26 bits per heavy atom. The fraction of sp³-hybridized carbons (Fsp3) is 0.125. The van der Waals surface area contributed by atoms with E-state index in [1.165, 1.54) is 0 Å². The van der Waals surface area contributed by atoms with Crippen LogP contribution in [0.5, 0.6) is 0 Å². The molecule has 0 fully saturated rings. The van der Waals surface area contributed by atoms with E-state index in [-0.39, 0.29) is 32.0 Å². The molecule has 0 spiro atoms. The Balaban J connectivity index is 2.69. The predicted octanol–water partition coefficient (Wildman–Crippen LogP) is 7.08. The van der Waals surface area contributed by atoms with Crippen LogP contribution in [0.15, 0.2) is 12.1 Å². The normalized spacial score (nSPS) is 10.1. The van der Waals surface area contributed by atoms with Crippen LogP contribution < -0.4 is 5.32 Å². The first-order chi connectivity index (χ1) is 10.8. The van der Waals surface area contributed by atoms with E-state index in [0.717, 1.165) is 11.1 Å². The summed E-state index contributed by atoms with van der Waals surface area (Å²) in [6.07, 6.45) is 0. The van der Waals surface area contributed by atoms with Crippen LogP contribution in [-0.4, -0.2) is 0 Å². The molecule has 0 unspecified atom stereocenters. The molecule has 0 bridgehead atoms. The average molecular weight is 385 g/mol. The van der Waals surface area contributed by atoms with E-state index >= 15 is 0 Å². The van der Waals surface area contributed by atoms with Gasteiger partial charge in [-0.2, -0.15) is 5.26 Å². The van der Waals surface area contributed by atoms with Crippen LogP contribution in [0.2, 0.25) is 20.1 Å². The number of aryl methyl sites for hydroxylation is 2. The molecule has 3 nitrogen and oxygen atoms in total. The molecule has 0 saturated heterocycles. The van der Waals surface area contributed by atoms with Gasteiger partial charge in [-0.05, 0) is 37.1 Å². The highest BCUT2D eigenvalue weighted by Gasteiger charge is 2.22. The number of nitriles is 1. The third-order valence-corrected chi connectivity index (χ3v) is 4.90. The second kappa shape index (κ2) is 6.87. The number of anilines is 2. The first-order valence-corrected chi connectivity index (χ1v) is 7.84. The van der Waals surface area contributed by atoms with Crippen molar-refractivity contribution in [2.75, 3.05) is 5.32 Å². The Labute approximate surface area is 154 Å². The number of rotatable bonds is 2. The maximum atomic E-state index is 9.38. The minimum absolute atomic E-state index is 0.0107. The SMILES string of the molecule is [C-]#[N+]c1c(Cl)c(Cl)c(Nc2cc(C)c(Cl)cc2C)c(C#N)c1Cl. The summed E-state index contributed by atoms with van der Waals surface area (Å²) in [5.41, 5.74) is 2.74. The van der Waals surface area contributed by atoms with Gasteiger partial charge in [-0.1, -0.05) is 46.4 Å². The topological polar surface area (TPSA) is 40.2 Å². The lowest BCUT2D eigenvalue weighted by molar-refractivity contribution is 1.37. The monoisotopic (exact) mass is 383 g/mol. The molecule has 0 heterocycles. The Bertz CT molecular complexity index is 892. The van der Waals surface area contributed by atoms with Gasteiger partial charge in [-0.25, -0.2) is 4.85 Å². The van der Waals surface area contributed by atoms with Crippen LogP contribution in [0.3, 0.4) is 0 Å². The highest BCUT2D eigenvalue weighted by Crippen LogP contribution is 2.47. The lowest BCUT2D eigenvalue weighted by Crippen LogP contribution is -1.99. The van der Waals surface area contributed by atoms with Gasteiger partial charge in [0.05, 0.1) is 32.9 Å². The average Bonchev–Trinajstić information content (AvgIpc) is 2.50. The number of hydrogen-bond donors (Lipinski definition) is 1. The molecule has 2 aromatic carbocycles. The molecular formula is C16H9Cl4N3. The zero-order chi connectivity index (χ0) is 17.3. The highest BCUT2D eigenvalue weighted by molar-refractivity contribution is 6.48. The number of hydrogen-bond acceptors (Lipinski definition) is 2. The largest absolute Gasteiger partial charge is 0.353 e. The Kier molecular flexibility index (Phi) is 5.30. The summed E-state index contributed by atoms with van der Waals surface area (Å²) < 4.78 is 0. The molecule has 1 N–H and O–H groups in total. The number of nitrogens with one attached hydrogen (secondary N) is 1. The minimum Gasteiger partial charge on any atom is -0.353 e. The third kappa shape index (κ3) is 3.20. The van der Waals surface area contributed by atoms with Crippen LogP contribution in [0.25, 0.3) is 4.85 Å². The molecule has 7 heteroatoms. The van der Waals surface area contributed by atoms with Crippen LogP contribution in [0.1, 0.15) is 16.7 Å². The van der Waals surface area contributed by atoms with Gasteiger partial charge in [0.1, 0.15) is 6.07 Å². The van der Waals surface area contributed by atoms with Crippen LogP contribution in [0.4, 0.5) is 17.1 Å². The molecule has 0 radical (unpaired) electrons. The first kappa shape index (κ1) is 17.7. The first-order valence-electron chi connectivity index (χ1n) is 6.33. The molecule has 2 aromatic rings. The number of benzene rings is 2. The summed E-state index contributed by atoms with van der Waals surface area (Å²) in [6.45, 7) is 10.9. The van der Waals surface area contributed by atoms with Crippen LogP contribution >= 0.6 is 46.4 Å². The molecular weight excluding hydrogens is 376 g/mol. The van der Waals surface area contributed by atoms with Gasteiger partial charge in [0.2, 0.25) is 5.69 Å². The molecule has 0 amide bonds. The molecule has 0 aliphatic rings. The van der Waals surface area contributed by atoms with E-state index < -0.39 is 0 Å². The van der Waals surface area contributed by atoms with Gasteiger partial charge >= 0.3 is 0 Å². The van der Waals surface area contributed by atoms with Crippen molar-refractivity contribution >= 4 is 63.5 Å². The van der Waals surface area contributed by atoms with E-state index in [4.69, 9.17) is 53.0 Å². The van der Waals surface area contributed by atoms with Gasteiger partial charge in [0.15, 0.2) is 0 Å².